The molecular weight excluding hydrogens is 280 g/mol. The number of sulfone groups is 1. The maximum Gasteiger partial charge on any atom is 0.204 e. The van der Waals surface area contributed by atoms with Crippen LogP contribution in [0.25, 0.3) is 0 Å². The molecule has 0 fully saturated rings. The van der Waals surface area contributed by atoms with Crippen LogP contribution in [0.15, 0.2) is 28.5 Å². The summed E-state index contributed by atoms with van der Waals surface area (Å²) in [4.78, 5) is 13.2. The van der Waals surface area contributed by atoms with Crippen molar-refractivity contribution in [3.05, 3.63) is 50.7 Å². The summed E-state index contributed by atoms with van der Waals surface area (Å²) in [6.45, 7) is 3.74. The highest BCUT2D eigenvalue weighted by atomic mass is 32.2. The van der Waals surface area contributed by atoms with Gasteiger partial charge in [-0.1, -0.05) is 0 Å². The average Bonchev–Trinajstić information content (AvgIpc) is 2.75. The Labute approximate surface area is 115 Å². The third kappa shape index (κ3) is 1.84. The molecule has 5 heteroatoms. The van der Waals surface area contributed by atoms with Crippen molar-refractivity contribution in [3.63, 3.8) is 0 Å². The van der Waals surface area contributed by atoms with Crippen LogP contribution in [0, 0.1) is 13.8 Å². The second-order valence-electron chi connectivity index (χ2n) is 4.80. The van der Waals surface area contributed by atoms with Gasteiger partial charge in [-0.25, -0.2) is 8.42 Å². The summed E-state index contributed by atoms with van der Waals surface area (Å²) in [7, 11) is -3.45. The van der Waals surface area contributed by atoms with Gasteiger partial charge in [-0.3, -0.25) is 4.79 Å². The molecule has 2 aromatic rings. The molecule has 0 saturated carbocycles. The first kappa shape index (κ1) is 12.6. The summed E-state index contributed by atoms with van der Waals surface area (Å²) in [6.07, 6.45) is 0. The Hall–Kier alpha value is -1.46. The molecule has 2 heterocycles. The molecular formula is C14H12O3S2. The number of rotatable bonds is 0. The number of hydrogen-bond acceptors (Lipinski definition) is 4. The molecule has 0 radical (unpaired) electrons. The van der Waals surface area contributed by atoms with Gasteiger partial charge in [0.05, 0.1) is 15.5 Å². The molecule has 0 saturated heterocycles. The Morgan fingerprint density at radius 1 is 1.16 bits per heavy atom. The minimum absolute atomic E-state index is 0.0902. The van der Waals surface area contributed by atoms with Crippen LogP contribution >= 0.6 is 11.3 Å². The summed E-state index contributed by atoms with van der Waals surface area (Å²) < 4.78 is 24.8. The summed E-state index contributed by atoms with van der Waals surface area (Å²) in [6, 6.07) is 5.04. The van der Waals surface area contributed by atoms with E-state index in [-0.39, 0.29) is 16.4 Å². The van der Waals surface area contributed by atoms with E-state index in [0.717, 1.165) is 11.1 Å². The van der Waals surface area contributed by atoms with Crippen molar-refractivity contribution < 1.29 is 13.2 Å². The van der Waals surface area contributed by atoms with Crippen molar-refractivity contribution in [2.75, 3.05) is 0 Å². The normalized spacial score (nSPS) is 16.6. The Balaban J connectivity index is 2.40. The summed E-state index contributed by atoms with van der Waals surface area (Å²) in [5.41, 5.74) is 2.74. The first-order valence-electron chi connectivity index (χ1n) is 5.85. The minimum atomic E-state index is -3.45. The predicted octanol–water partition coefficient (Wildman–Crippen LogP) is 2.88. The van der Waals surface area contributed by atoms with Gasteiger partial charge in [-0.2, -0.15) is 0 Å². The van der Waals surface area contributed by atoms with Crippen molar-refractivity contribution in [1.29, 1.82) is 0 Å². The molecule has 19 heavy (non-hydrogen) atoms. The van der Waals surface area contributed by atoms with Crippen LogP contribution in [0.5, 0.6) is 0 Å². The lowest BCUT2D eigenvalue weighted by atomic mass is 10.0. The second kappa shape index (κ2) is 4.02. The van der Waals surface area contributed by atoms with Gasteiger partial charge in [-0.05, 0) is 54.1 Å². The largest absolute Gasteiger partial charge is 0.288 e. The maximum absolute atomic E-state index is 12.5. The zero-order chi connectivity index (χ0) is 13.8. The number of aryl methyl sites for hydroxylation is 2. The molecule has 1 aromatic carbocycles. The molecule has 0 amide bonds. The standard InChI is InChI=1S/C14H12O3S2/c1-8-5-11-12(6-9(8)2)19(16,17)7-10-3-4-18-14(10)13(11)15/h3-6H,7H2,1-2H3. The zero-order valence-corrected chi connectivity index (χ0v) is 12.2. The van der Waals surface area contributed by atoms with Crippen molar-refractivity contribution in [3.8, 4) is 0 Å². The van der Waals surface area contributed by atoms with Gasteiger partial charge in [0.25, 0.3) is 0 Å². The smallest absolute Gasteiger partial charge is 0.204 e. The SMILES string of the molecule is Cc1cc2c(cc1C)S(=O)(=O)Cc1ccsc1C2=O. The molecule has 1 aliphatic heterocycles. The molecule has 0 spiro atoms. The number of hydrogen-bond donors (Lipinski definition) is 0. The number of benzene rings is 1. The highest BCUT2D eigenvalue weighted by Gasteiger charge is 2.31. The van der Waals surface area contributed by atoms with Gasteiger partial charge in [-0.15, -0.1) is 11.3 Å². The van der Waals surface area contributed by atoms with Crippen LogP contribution in [-0.2, 0) is 15.6 Å². The van der Waals surface area contributed by atoms with E-state index in [1.807, 2.05) is 13.8 Å². The average molecular weight is 292 g/mol. The van der Waals surface area contributed by atoms with Gasteiger partial charge in [0.15, 0.2) is 9.84 Å². The summed E-state index contributed by atoms with van der Waals surface area (Å²) >= 11 is 1.31. The summed E-state index contributed by atoms with van der Waals surface area (Å²) in [5, 5.41) is 1.77. The molecule has 0 bridgehead atoms. The first-order valence-corrected chi connectivity index (χ1v) is 8.38. The van der Waals surface area contributed by atoms with E-state index in [2.05, 4.69) is 0 Å². The van der Waals surface area contributed by atoms with Gasteiger partial charge < -0.3 is 0 Å². The van der Waals surface area contributed by atoms with Crippen molar-refractivity contribution in [2.24, 2.45) is 0 Å². The molecule has 3 nitrogen and oxygen atoms in total. The van der Waals surface area contributed by atoms with Crippen LogP contribution in [-0.4, -0.2) is 14.2 Å². The van der Waals surface area contributed by atoms with Gasteiger partial charge in [0, 0.05) is 5.56 Å². The van der Waals surface area contributed by atoms with Crippen LogP contribution in [0.1, 0.15) is 31.9 Å². The van der Waals surface area contributed by atoms with Crippen LogP contribution in [0.2, 0.25) is 0 Å². The first-order chi connectivity index (χ1) is 8.90. The van der Waals surface area contributed by atoms with Crippen LogP contribution < -0.4 is 0 Å². The van der Waals surface area contributed by atoms with E-state index < -0.39 is 9.84 Å². The third-order valence-electron chi connectivity index (χ3n) is 3.47. The highest BCUT2D eigenvalue weighted by molar-refractivity contribution is 7.90. The molecule has 0 N–H and O–H groups in total. The van der Waals surface area contributed by atoms with E-state index >= 15 is 0 Å². The van der Waals surface area contributed by atoms with Gasteiger partial charge in [0.1, 0.15) is 0 Å². The predicted molar refractivity (Wildman–Crippen MR) is 74.6 cm³/mol. The molecule has 1 aromatic heterocycles. The monoisotopic (exact) mass is 292 g/mol. The maximum atomic E-state index is 12.5. The van der Waals surface area contributed by atoms with Crippen LogP contribution in [0.3, 0.4) is 0 Å². The highest BCUT2D eigenvalue weighted by Crippen LogP contribution is 2.33. The van der Waals surface area contributed by atoms with E-state index in [4.69, 9.17) is 0 Å². The Kier molecular flexibility index (Phi) is 2.66. The molecule has 0 unspecified atom stereocenters. The lowest BCUT2D eigenvalue weighted by molar-refractivity contribution is 0.103. The van der Waals surface area contributed by atoms with E-state index in [1.165, 1.54) is 11.3 Å². The Morgan fingerprint density at radius 3 is 2.58 bits per heavy atom. The van der Waals surface area contributed by atoms with E-state index in [9.17, 15) is 13.2 Å². The second-order valence-corrected chi connectivity index (χ2v) is 7.67. The summed E-state index contributed by atoms with van der Waals surface area (Å²) in [5.74, 6) is -0.267. The molecule has 0 aliphatic carbocycles. The third-order valence-corrected chi connectivity index (χ3v) is 6.13. The number of fused-ring (bicyclic) bond motifs is 2. The molecule has 98 valence electrons. The Bertz CT molecular complexity index is 798. The number of carbonyl (C=O) groups excluding carboxylic acids is 1. The van der Waals surface area contributed by atoms with Crippen LogP contribution in [0.4, 0.5) is 0 Å². The van der Waals surface area contributed by atoms with Crippen molar-refractivity contribution in [1.82, 2.24) is 0 Å². The quantitative estimate of drug-likeness (QED) is 0.750. The molecule has 0 atom stereocenters. The van der Waals surface area contributed by atoms with E-state index in [1.54, 1.807) is 23.6 Å². The van der Waals surface area contributed by atoms with E-state index in [0.29, 0.717) is 16.0 Å². The van der Waals surface area contributed by atoms with Gasteiger partial charge in [0.2, 0.25) is 5.78 Å². The topological polar surface area (TPSA) is 51.2 Å². The molecule has 1 aliphatic rings. The zero-order valence-electron chi connectivity index (χ0n) is 10.6. The van der Waals surface area contributed by atoms with Crippen molar-refractivity contribution >= 4 is 27.0 Å². The van der Waals surface area contributed by atoms with Gasteiger partial charge >= 0.3 is 0 Å². The number of ketones is 1. The van der Waals surface area contributed by atoms with Crippen molar-refractivity contribution in [2.45, 2.75) is 24.5 Å². The Morgan fingerprint density at radius 2 is 1.84 bits per heavy atom. The lowest BCUT2D eigenvalue weighted by Gasteiger charge is -2.09. The fourth-order valence-corrected chi connectivity index (χ4v) is 4.89. The fraction of sp³-hybridized carbons (Fsp3) is 0.214. The number of carbonyl (C=O) groups is 1. The lowest BCUT2D eigenvalue weighted by Crippen LogP contribution is -2.08. The minimum Gasteiger partial charge on any atom is -0.288 e. The fourth-order valence-electron chi connectivity index (χ4n) is 2.28. The molecule has 3 rings (SSSR count). The number of thiophene rings is 1.